The number of aromatic nitrogens is 2. The van der Waals surface area contributed by atoms with Crippen LogP contribution in [-0.4, -0.2) is 60.0 Å². The van der Waals surface area contributed by atoms with Gasteiger partial charge in [-0.25, -0.2) is 19.8 Å². The molecule has 7 nitrogen and oxygen atoms in total. The number of anilines is 1. The van der Waals surface area contributed by atoms with Gasteiger partial charge in [-0.2, -0.15) is 0 Å². The van der Waals surface area contributed by atoms with Crippen LogP contribution in [0.25, 0.3) is 11.1 Å². The van der Waals surface area contributed by atoms with Crippen LogP contribution in [0.2, 0.25) is 0 Å². The van der Waals surface area contributed by atoms with Gasteiger partial charge in [0.2, 0.25) is 11.9 Å². The third kappa shape index (κ3) is 3.97. The van der Waals surface area contributed by atoms with E-state index in [1.165, 1.54) is 18.6 Å². The summed E-state index contributed by atoms with van der Waals surface area (Å²) in [6.07, 6.45) is 7.07. The van der Waals surface area contributed by atoms with E-state index < -0.39 is 0 Å². The first-order valence-corrected chi connectivity index (χ1v) is 11.6. The number of carbonyl (C=O) groups is 1. The molecule has 5 rings (SSSR count). The van der Waals surface area contributed by atoms with Crippen molar-refractivity contribution in [1.82, 2.24) is 25.7 Å². The number of hydrazine groups is 1. The van der Waals surface area contributed by atoms with E-state index in [1.807, 2.05) is 30.0 Å². The highest BCUT2D eigenvalue weighted by molar-refractivity contribution is 5.83. The molecule has 3 heterocycles. The molecule has 3 fully saturated rings. The smallest absolute Gasteiger partial charge is 0.241 e. The Bertz CT molecular complexity index is 998. The molecule has 32 heavy (non-hydrogen) atoms. The molecule has 1 aliphatic carbocycles. The highest BCUT2D eigenvalue weighted by Gasteiger charge is 2.44. The van der Waals surface area contributed by atoms with Crippen molar-refractivity contribution < 1.29 is 9.18 Å². The molecule has 4 atom stereocenters. The molecule has 1 aromatic heterocycles. The van der Waals surface area contributed by atoms with Crippen molar-refractivity contribution in [1.29, 1.82) is 0 Å². The molecule has 2 saturated heterocycles. The topological polar surface area (TPSA) is 73.4 Å². The summed E-state index contributed by atoms with van der Waals surface area (Å²) in [5.74, 6) is 0.993. The monoisotopic (exact) mass is 438 g/mol. The number of fused-ring (bicyclic) bond motifs is 1. The second kappa shape index (κ2) is 8.75. The van der Waals surface area contributed by atoms with Crippen molar-refractivity contribution >= 4 is 11.9 Å². The van der Waals surface area contributed by atoms with E-state index >= 15 is 0 Å². The predicted molar refractivity (Wildman–Crippen MR) is 121 cm³/mol. The van der Waals surface area contributed by atoms with Crippen molar-refractivity contribution in [3.63, 3.8) is 0 Å². The Kier molecular flexibility index (Phi) is 5.82. The van der Waals surface area contributed by atoms with Crippen LogP contribution >= 0.6 is 0 Å². The van der Waals surface area contributed by atoms with E-state index in [0.717, 1.165) is 49.0 Å². The average molecular weight is 439 g/mol. The minimum Gasteiger partial charge on any atom is -0.347 e. The number of halogens is 1. The van der Waals surface area contributed by atoms with Gasteiger partial charge in [-0.15, -0.1) is 0 Å². The van der Waals surface area contributed by atoms with Gasteiger partial charge in [0.15, 0.2) is 0 Å². The molecule has 2 aliphatic heterocycles. The molecule has 0 bridgehead atoms. The SMILES string of the molecule is CN(C)c1ncc(-c2cccc(F)c2)c(C2CCCN(C(=O)C3NNC4CCCC43)C2)n1. The van der Waals surface area contributed by atoms with Crippen molar-refractivity contribution in [3.05, 3.63) is 42.0 Å². The van der Waals surface area contributed by atoms with Crippen LogP contribution in [0.5, 0.6) is 0 Å². The van der Waals surface area contributed by atoms with Crippen LogP contribution in [0.4, 0.5) is 10.3 Å². The number of piperidine rings is 1. The minimum absolute atomic E-state index is 0.0846. The van der Waals surface area contributed by atoms with Gasteiger partial charge >= 0.3 is 0 Å². The van der Waals surface area contributed by atoms with E-state index in [1.54, 1.807) is 12.3 Å². The second-order valence-corrected chi connectivity index (χ2v) is 9.46. The first-order chi connectivity index (χ1) is 15.5. The molecular formula is C24H31FN6O. The van der Waals surface area contributed by atoms with Crippen molar-refractivity contribution in [2.24, 2.45) is 5.92 Å². The van der Waals surface area contributed by atoms with Crippen LogP contribution in [0, 0.1) is 11.7 Å². The van der Waals surface area contributed by atoms with E-state index in [0.29, 0.717) is 24.5 Å². The fourth-order valence-electron chi connectivity index (χ4n) is 5.50. The molecular weight excluding hydrogens is 407 g/mol. The summed E-state index contributed by atoms with van der Waals surface area (Å²) in [5, 5.41) is 0. The maximum Gasteiger partial charge on any atom is 0.241 e. The zero-order chi connectivity index (χ0) is 22.2. The van der Waals surface area contributed by atoms with Gasteiger partial charge in [0.25, 0.3) is 0 Å². The standard InChI is InChI=1S/C24H31FN6O/c1-30(2)24-26-13-19(15-6-3-8-17(25)12-15)21(27-24)16-7-5-11-31(14-16)23(32)22-18-9-4-10-20(18)28-29-22/h3,6,8,12-13,16,18,20,22,28-29H,4-5,7,9-11,14H2,1-2H3. The summed E-state index contributed by atoms with van der Waals surface area (Å²) in [4.78, 5) is 26.7. The minimum atomic E-state index is -0.281. The van der Waals surface area contributed by atoms with E-state index in [9.17, 15) is 9.18 Å². The Hall–Kier alpha value is -2.58. The van der Waals surface area contributed by atoms with Gasteiger partial charge in [-0.3, -0.25) is 10.2 Å². The lowest BCUT2D eigenvalue weighted by Crippen LogP contribution is -2.50. The van der Waals surface area contributed by atoms with Gasteiger partial charge in [-0.1, -0.05) is 18.6 Å². The van der Waals surface area contributed by atoms with Crippen LogP contribution < -0.4 is 15.8 Å². The number of carbonyl (C=O) groups excluding carboxylic acids is 1. The maximum atomic E-state index is 14.0. The lowest BCUT2D eigenvalue weighted by atomic mass is 9.88. The van der Waals surface area contributed by atoms with Gasteiger partial charge in [0.05, 0.1) is 5.69 Å². The summed E-state index contributed by atoms with van der Waals surface area (Å²) in [7, 11) is 3.82. The molecule has 3 aliphatic rings. The quantitative estimate of drug-likeness (QED) is 0.765. The molecule has 8 heteroatoms. The number of hydrogen-bond acceptors (Lipinski definition) is 6. The van der Waals surface area contributed by atoms with Gasteiger partial charge in [0.1, 0.15) is 11.9 Å². The Balaban J connectivity index is 1.43. The lowest BCUT2D eigenvalue weighted by molar-refractivity contribution is -0.135. The number of rotatable bonds is 4. The fourth-order valence-corrected chi connectivity index (χ4v) is 5.50. The second-order valence-electron chi connectivity index (χ2n) is 9.46. The van der Waals surface area contributed by atoms with E-state index in [2.05, 4.69) is 15.8 Å². The molecule has 2 aromatic rings. The van der Waals surface area contributed by atoms with Crippen LogP contribution in [0.15, 0.2) is 30.5 Å². The van der Waals surface area contributed by atoms with Gasteiger partial charge in [-0.05, 0) is 43.4 Å². The third-order valence-electron chi connectivity index (χ3n) is 7.15. The van der Waals surface area contributed by atoms with E-state index in [-0.39, 0.29) is 23.7 Å². The number of nitrogens with one attached hydrogen (secondary N) is 2. The predicted octanol–water partition coefficient (Wildman–Crippen LogP) is 2.70. The first-order valence-electron chi connectivity index (χ1n) is 11.6. The molecule has 4 unspecified atom stereocenters. The third-order valence-corrected chi connectivity index (χ3v) is 7.15. The number of benzene rings is 1. The Labute approximate surface area is 188 Å². The largest absolute Gasteiger partial charge is 0.347 e. The summed E-state index contributed by atoms with van der Waals surface area (Å²) in [6, 6.07) is 6.83. The van der Waals surface area contributed by atoms with Crippen LogP contribution in [0.3, 0.4) is 0 Å². The Morgan fingerprint density at radius 2 is 2.06 bits per heavy atom. The summed E-state index contributed by atoms with van der Waals surface area (Å²) in [5.41, 5.74) is 9.09. The summed E-state index contributed by atoms with van der Waals surface area (Å²) >= 11 is 0. The van der Waals surface area contributed by atoms with Crippen molar-refractivity contribution in [2.45, 2.75) is 50.1 Å². The van der Waals surface area contributed by atoms with Crippen LogP contribution in [0.1, 0.15) is 43.7 Å². The molecule has 170 valence electrons. The summed E-state index contributed by atoms with van der Waals surface area (Å²) in [6.45, 7) is 1.40. The normalized spacial score (nSPS) is 27.4. The van der Waals surface area contributed by atoms with Crippen molar-refractivity contribution in [3.8, 4) is 11.1 Å². The van der Waals surface area contributed by atoms with E-state index in [4.69, 9.17) is 4.98 Å². The van der Waals surface area contributed by atoms with Gasteiger partial charge < -0.3 is 9.80 Å². The van der Waals surface area contributed by atoms with Crippen LogP contribution in [-0.2, 0) is 4.79 Å². The number of hydrogen-bond donors (Lipinski definition) is 2. The van der Waals surface area contributed by atoms with Crippen molar-refractivity contribution in [2.75, 3.05) is 32.1 Å². The Morgan fingerprint density at radius 1 is 1.19 bits per heavy atom. The highest BCUT2D eigenvalue weighted by atomic mass is 19.1. The number of nitrogens with zero attached hydrogens (tertiary/aromatic N) is 4. The molecule has 1 aromatic carbocycles. The average Bonchev–Trinajstić information content (AvgIpc) is 3.42. The summed E-state index contributed by atoms with van der Waals surface area (Å²) < 4.78 is 14.0. The Morgan fingerprint density at radius 3 is 2.88 bits per heavy atom. The van der Waals surface area contributed by atoms with Gasteiger partial charge in [0, 0.05) is 56.8 Å². The lowest BCUT2D eigenvalue weighted by Gasteiger charge is -2.35. The molecule has 1 saturated carbocycles. The molecule has 1 amide bonds. The number of likely N-dealkylation sites (tertiary alicyclic amines) is 1. The number of amides is 1. The molecule has 0 radical (unpaired) electrons. The maximum absolute atomic E-state index is 14.0. The highest BCUT2D eigenvalue weighted by Crippen LogP contribution is 2.36. The molecule has 0 spiro atoms. The first kappa shape index (κ1) is 21.3. The molecule has 2 N–H and O–H groups in total. The fraction of sp³-hybridized carbons (Fsp3) is 0.542. The zero-order valence-corrected chi connectivity index (χ0v) is 18.7. The zero-order valence-electron chi connectivity index (χ0n) is 18.7.